The first-order chi connectivity index (χ1) is 12.5. The Morgan fingerprint density at radius 2 is 2.00 bits per heavy atom. The van der Waals surface area contributed by atoms with Crippen molar-refractivity contribution in [1.29, 1.82) is 0 Å². The van der Waals surface area contributed by atoms with Gasteiger partial charge < -0.3 is 15.1 Å². The molecule has 0 aliphatic carbocycles. The molecule has 1 atom stereocenters. The number of likely N-dealkylation sites (N-methyl/N-ethyl adjacent to an activating group) is 1. The van der Waals surface area contributed by atoms with Crippen LogP contribution >= 0.6 is 11.6 Å². The number of nitrogens with zero attached hydrogens (tertiary/aromatic N) is 2. The van der Waals surface area contributed by atoms with Crippen LogP contribution in [0.15, 0.2) is 55.1 Å². The summed E-state index contributed by atoms with van der Waals surface area (Å²) < 4.78 is 0. The van der Waals surface area contributed by atoms with Crippen LogP contribution in [0.1, 0.15) is 22.8 Å². The van der Waals surface area contributed by atoms with Gasteiger partial charge in [-0.25, -0.2) is 0 Å². The lowest BCUT2D eigenvalue weighted by Crippen LogP contribution is -2.62. The van der Waals surface area contributed by atoms with Crippen molar-refractivity contribution >= 4 is 34.8 Å². The number of carbonyl (C=O) groups excluding carboxylic acids is 2. The lowest BCUT2D eigenvalue weighted by atomic mass is 9.93. The third kappa shape index (κ3) is 2.04. The van der Waals surface area contributed by atoms with Gasteiger partial charge in [-0.15, -0.1) is 6.58 Å². The van der Waals surface area contributed by atoms with E-state index in [0.29, 0.717) is 29.4 Å². The highest BCUT2D eigenvalue weighted by Gasteiger charge is 2.58. The van der Waals surface area contributed by atoms with Crippen LogP contribution in [0.2, 0.25) is 5.02 Å². The molecular weight excluding hydrogens is 350 g/mol. The Labute approximate surface area is 156 Å². The van der Waals surface area contributed by atoms with Gasteiger partial charge in [-0.1, -0.05) is 35.9 Å². The van der Waals surface area contributed by atoms with Crippen LogP contribution in [0.25, 0.3) is 0 Å². The van der Waals surface area contributed by atoms with Crippen LogP contribution < -0.4 is 10.2 Å². The van der Waals surface area contributed by atoms with E-state index in [1.807, 2.05) is 31.2 Å². The number of amides is 2. The molecule has 5 nitrogen and oxygen atoms in total. The molecule has 0 radical (unpaired) electrons. The average Bonchev–Trinajstić information content (AvgIpc) is 2.86. The van der Waals surface area contributed by atoms with Crippen molar-refractivity contribution < 1.29 is 9.59 Å². The van der Waals surface area contributed by atoms with Gasteiger partial charge >= 0.3 is 0 Å². The molecule has 2 heterocycles. The molecule has 1 N–H and O–H groups in total. The number of anilines is 2. The molecule has 2 aromatic carbocycles. The maximum atomic E-state index is 13.5. The van der Waals surface area contributed by atoms with Gasteiger partial charge in [-0.3, -0.25) is 9.59 Å². The van der Waals surface area contributed by atoms with Crippen LogP contribution in [0.5, 0.6) is 0 Å². The highest BCUT2D eigenvalue weighted by molar-refractivity contribution is 6.31. The Morgan fingerprint density at radius 1 is 1.23 bits per heavy atom. The van der Waals surface area contributed by atoms with Crippen LogP contribution in [0.3, 0.4) is 0 Å². The molecule has 0 saturated carbocycles. The summed E-state index contributed by atoms with van der Waals surface area (Å²) in [6.45, 7) is 6.38. The van der Waals surface area contributed by atoms with Crippen molar-refractivity contribution in [3.63, 3.8) is 0 Å². The smallest absolute Gasteiger partial charge is 0.279 e. The molecule has 26 heavy (non-hydrogen) atoms. The number of hydrogen-bond acceptors (Lipinski definition) is 3. The molecule has 4 rings (SSSR count). The van der Waals surface area contributed by atoms with E-state index in [-0.39, 0.29) is 11.8 Å². The summed E-state index contributed by atoms with van der Waals surface area (Å²) in [5, 5.41) is 3.84. The highest BCUT2D eigenvalue weighted by atomic mass is 35.5. The van der Waals surface area contributed by atoms with Gasteiger partial charge in [0.1, 0.15) is 0 Å². The van der Waals surface area contributed by atoms with Crippen LogP contribution in [0.4, 0.5) is 11.4 Å². The molecular formula is C20H18ClN3O2. The van der Waals surface area contributed by atoms with Crippen LogP contribution in [0, 0.1) is 0 Å². The first-order valence-electron chi connectivity index (χ1n) is 8.46. The number of para-hydroxylation sites is 1. The second-order valence-corrected chi connectivity index (χ2v) is 6.73. The summed E-state index contributed by atoms with van der Waals surface area (Å²) in [5.74, 6) is -0.388. The first kappa shape index (κ1) is 16.7. The number of halogens is 1. The fourth-order valence-corrected chi connectivity index (χ4v) is 4.05. The third-order valence-electron chi connectivity index (χ3n) is 4.94. The Kier molecular flexibility index (Phi) is 3.77. The SMILES string of the molecule is C=CCN1C(=O)[C@@]2(Nc3cc(Cl)ccc3C(=O)N2CC)c2ccccc21. The normalized spacial score (nSPS) is 20.8. The molecule has 6 heteroatoms. The Morgan fingerprint density at radius 3 is 2.73 bits per heavy atom. The number of rotatable bonds is 3. The molecule has 1 spiro atoms. The standard InChI is InChI=1S/C20H18ClN3O2/c1-3-11-23-17-8-6-5-7-15(17)20(19(23)26)22-16-12-13(21)9-10-14(16)18(25)24(20)4-2/h3,5-10,12,22H,1,4,11H2,2H3/t20-/m1/s1. The maximum absolute atomic E-state index is 13.5. The van der Waals surface area contributed by atoms with Gasteiger partial charge in [0.15, 0.2) is 0 Å². The predicted molar refractivity (Wildman–Crippen MR) is 102 cm³/mol. The highest BCUT2D eigenvalue weighted by Crippen LogP contribution is 2.48. The minimum absolute atomic E-state index is 0.193. The molecule has 0 aromatic heterocycles. The molecule has 0 bridgehead atoms. The zero-order valence-electron chi connectivity index (χ0n) is 14.3. The number of carbonyl (C=O) groups is 2. The number of fused-ring (bicyclic) bond motifs is 3. The van der Waals surface area contributed by atoms with Gasteiger partial charge in [-0.2, -0.15) is 0 Å². The molecule has 0 unspecified atom stereocenters. The van der Waals surface area contributed by atoms with Crippen LogP contribution in [-0.2, 0) is 10.5 Å². The van der Waals surface area contributed by atoms with E-state index in [9.17, 15) is 9.59 Å². The molecule has 2 amide bonds. The van der Waals surface area contributed by atoms with Crippen molar-refractivity contribution in [2.45, 2.75) is 12.6 Å². The van der Waals surface area contributed by atoms with E-state index in [1.165, 1.54) is 0 Å². The summed E-state index contributed by atoms with van der Waals surface area (Å²) in [6.07, 6.45) is 1.68. The lowest BCUT2D eigenvalue weighted by molar-refractivity contribution is -0.127. The molecule has 132 valence electrons. The Balaban J connectivity index is 1.98. The quantitative estimate of drug-likeness (QED) is 0.843. The molecule has 0 saturated heterocycles. The molecule has 0 fully saturated rings. The van der Waals surface area contributed by atoms with Gasteiger partial charge in [0, 0.05) is 23.7 Å². The summed E-state index contributed by atoms with van der Waals surface area (Å²) in [6, 6.07) is 12.6. The van der Waals surface area contributed by atoms with Crippen molar-refractivity contribution in [2.75, 3.05) is 23.3 Å². The molecule has 2 aromatic rings. The van der Waals surface area contributed by atoms with E-state index in [2.05, 4.69) is 11.9 Å². The summed E-state index contributed by atoms with van der Waals surface area (Å²) in [5.41, 5.74) is 1.34. The predicted octanol–water partition coefficient (Wildman–Crippen LogP) is 3.61. The van der Waals surface area contributed by atoms with E-state index in [1.54, 1.807) is 34.1 Å². The number of benzene rings is 2. The monoisotopic (exact) mass is 367 g/mol. The third-order valence-corrected chi connectivity index (χ3v) is 5.18. The first-order valence-corrected chi connectivity index (χ1v) is 8.84. The van der Waals surface area contributed by atoms with E-state index in [4.69, 9.17) is 11.6 Å². The van der Waals surface area contributed by atoms with Crippen molar-refractivity contribution in [3.05, 3.63) is 71.3 Å². The lowest BCUT2D eigenvalue weighted by Gasteiger charge is -2.44. The minimum Gasteiger partial charge on any atom is -0.350 e. The largest absolute Gasteiger partial charge is 0.350 e. The van der Waals surface area contributed by atoms with Crippen molar-refractivity contribution in [3.8, 4) is 0 Å². The second-order valence-electron chi connectivity index (χ2n) is 6.30. The van der Waals surface area contributed by atoms with Gasteiger partial charge in [0.05, 0.1) is 16.9 Å². The zero-order valence-corrected chi connectivity index (χ0v) is 15.1. The maximum Gasteiger partial charge on any atom is 0.279 e. The summed E-state index contributed by atoms with van der Waals surface area (Å²) in [7, 11) is 0. The Hall–Kier alpha value is -2.79. The summed E-state index contributed by atoms with van der Waals surface area (Å²) >= 11 is 6.13. The number of hydrogen-bond donors (Lipinski definition) is 1. The molecule has 2 aliphatic rings. The Bertz CT molecular complexity index is 942. The second kappa shape index (κ2) is 5.88. The fourth-order valence-electron chi connectivity index (χ4n) is 3.87. The fraction of sp³-hybridized carbons (Fsp3) is 0.200. The minimum atomic E-state index is -1.27. The van der Waals surface area contributed by atoms with E-state index in [0.717, 1.165) is 11.3 Å². The van der Waals surface area contributed by atoms with Gasteiger partial charge in [0.25, 0.3) is 11.8 Å². The van der Waals surface area contributed by atoms with Gasteiger partial charge in [0.2, 0.25) is 5.66 Å². The average molecular weight is 368 g/mol. The van der Waals surface area contributed by atoms with Crippen LogP contribution in [-0.4, -0.2) is 29.8 Å². The molecule has 2 aliphatic heterocycles. The van der Waals surface area contributed by atoms with E-state index >= 15 is 0 Å². The number of nitrogens with one attached hydrogen (secondary N) is 1. The summed E-state index contributed by atoms with van der Waals surface area (Å²) in [4.78, 5) is 30.0. The van der Waals surface area contributed by atoms with Crippen molar-refractivity contribution in [2.24, 2.45) is 0 Å². The zero-order chi connectivity index (χ0) is 18.5. The van der Waals surface area contributed by atoms with Crippen molar-refractivity contribution in [1.82, 2.24) is 4.90 Å². The van der Waals surface area contributed by atoms with Gasteiger partial charge in [-0.05, 0) is 31.2 Å². The van der Waals surface area contributed by atoms with E-state index < -0.39 is 5.66 Å². The topological polar surface area (TPSA) is 52.7 Å².